The van der Waals surface area contributed by atoms with Gasteiger partial charge in [0.15, 0.2) is 5.96 Å². The third-order valence-corrected chi connectivity index (χ3v) is 6.60. The van der Waals surface area contributed by atoms with Crippen molar-refractivity contribution in [2.24, 2.45) is 12.0 Å². The van der Waals surface area contributed by atoms with Crippen LogP contribution < -0.4 is 10.2 Å². The summed E-state index contributed by atoms with van der Waals surface area (Å²) in [6.07, 6.45) is 7.52. The second kappa shape index (κ2) is 10.2. The Balaban J connectivity index is 1.37. The number of aromatic nitrogens is 2. The number of rotatable bonds is 5. The Bertz CT molecular complexity index is 953. The van der Waals surface area contributed by atoms with Crippen LogP contribution in [0.3, 0.4) is 0 Å². The zero-order valence-corrected chi connectivity index (χ0v) is 19.5. The molecule has 0 radical (unpaired) electrons. The summed E-state index contributed by atoms with van der Waals surface area (Å²) in [6.45, 7) is 6.85. The van der Waals surface area contributed by atoms with Crippen molar-refractivity contribution < 1.29 is 4.79 Å². The molecule has 8 nitrogen and oxygen atoms in total. The van der Waals surface area contributed by atoms with Gasteiger partial charge in [0.2, 0.25) is 5.91 Å². The number of carbonyl (C=O) groups excluding carboxylic acids is 1. The largest absolute Gasteiger partial charge is 0.352 e. The lowest BCUT2D eigenvalue weighted by Gasteiger charge is -2.35. The van der Waals surface area contributed by atoms with Crippen LogP contribution in [0.1, 0.15) is 37.3 Å². The molecule has 1 atom stereocenters. The van der Waals surface area contributed by atoms with E-state index in [4.69, 9.17) is 0 Å². The summed E-state index contributed by atoms with van der Waals surface area (Å²) in [4.78, 5) is 23.6. The minimum Gasteiger partial charge on any atom is -0.352 e. The van der Waals surface area contributed by atoms with E-state index in [1.165, 1.54) is 36.9 Å². The normalized spacial score (nSPS) is 20.7. The van der Waals surface area contributed by atoms with Crippen LogP contribution in [-0.2, 0) is 24.9 Å². The maximum Gasteiger partial charge on any atom is 0.246 e. The fourth-order valence-electron chi connectivity index (χ4n) is 4.68. The van der Waals surface area contributed by atoms with E-state index >= 15 is 0 Å². The average molecular weight is 438 g/mol. The van der Waals surface area contributed by atoms with E-state index in [1.54, 1.807) is 22.8 Å². The lowest BCUT2D eigenvalue weighted by atomic mass is 10.0. The van der Waals surface area contributed by atoms with Crippen LogP contribution in [0.5, 0.6) is 0 Å². The number of hydrogen-bond acceptors (Lipinski definition) is 4. The first-order valence-corrected chi connectivity index (χ1v) is 11.6. The van der Waals surface area contributed by atoms with E-state index < -0.39 is 0 Å². The molecular formula is C24H35N7O. The predicted molar refractivity (Wildman–Crippen MR) is 127 cm³/mol. The lowest BCUT2D eigenvalue weighted by molar-refractivity contribution is -0.120. The fraction of sp³-hybridized carbons (Fsp3) is 0.542. The van der Waals surface area contributed by atoms with Crippen LogP contribution in [0.25, 0.3) is 0 Å². The molecule has 0 aliphatic carbocycles. The predicted octanol–water partition coefficient (Wildman–Crippen LogP) is 2.22. The van der Waals surface area contributed by atoms with E-state index in [-0.39, 0.29) is 5.91 Å². The number of nitrogens with one attached hydrogen (secondary N) is 1. The van der Waals surface area contributed by atoms with Crippen molar-refractivity contribution >= 4 is 17.6 Å². The first kappa shape index (κ1) is 22.3. The van der Waals surface area contributed by atoms with E-state index in [0.29, 0.717) is 25.7 Å². The van der Waals surface area contributed by atoms with Crippen molar-refractivity contribution in [3.8, 4) is 0 Å². The number of aliphatic imine (C=N–C) groups is 1. The number of likely N-dealkylation sites (tertiary alicyclic amines) is 1. The standard InChI is InChI=1S/C24H35N7O/c1-19-8-6-7-11-29(19)16-21-10-5-4-9-20(21)14-26-24(25-2)30-12-13-31(23(32)18-30)22-15-27-28(3)17-22/h4-5,9-10,15,17,19H,6-8,11-14,16,18H2,1-3H3,(H,25,26). The lowest BCUT2D eigenvalue weighted by Crippen LogP contribution is -2.55. The maximum absolute atomic E-state index is 12.8. The van der Waals surface area contributed by atoms with Crippen molar-refractivity contribution in [2.45, 2.75) is 45.3 Å². The minimum atomic E-state index is 0.0617. The number of nitrogens with zero attached hydrogens (tertiary/aromatic N) is 6. The van der Waals surface area contributed by atoms with Crippen LogP contribution in [-0.4, -0.2) is 70.7 Å². The Labute approximate surface area is 190 Å². The number of hydrogen-bond donors (Lipinski definition) is 1. The van der Waals surface area contributed by atoms with Gasteiger partial charge in [-0.25, -0.2) is 0 Å². The summed E-state index contributed by atoms with van der Waals surface area (Å²) in [5.74, 6) is 0.831. The van der Waals surface area contributed by atoms with Gasteiger partial charge in [0, 0.05) is 52.5 Å². The number of piperidine rings is 1. The van der Waals surface area contributed by atoms with E-state index in [9.17, 15) is 4.79 Å². The van der Waals surface area contributed by atoms with Gasteiger partial charge in [-0.15, -0.1) is 0 Å². The van der Waals surface area contributed by atoms with Gasteiger partial charge in [0.1, 0.15) is 6.54 Å². The van der Waals surface area contributed by atoms with Crippen LogP contribution >= 0.6 is 0 Å². The highest BCUT2D eigenvalue weighted by Gasteiger charge is 2.27. The molecule has 8 heteroatoms. The fourth-order valence-corrected chi connectivity index (χ4v) is 4.68. The molecule has 3 heterocycles. The third-order valence-electron chi connectivity index (χ3n) is 6.60. The number of benzene rings is 1. The highest BCUT2D eigenvalue weighted by molar-refractivity contribution is 5.98. The average Bonchev–Trinajstić information content (AvgIpc) is 3.23. The summed E-state index contributed by atoms with van der Waals surface area (Å²) in [6, 6.07) is 9.28. The SMILES string of the molecule is CN=C(NCc1ccccc1CN1CCCCC1C)N1CCN(c2cnn(C)c2)C(=O)C1. The number of anilines is 1. The number of carbonyl (C=O) groups is 1. The number of amides is 1. The Hall–Kier alpha value is -2.87. The van der Waals surface area contributed by atoms with Gasteiger partial charge in [-0.2, -0.15) is 5.10 Å². The zero-order chi connectivity index (χ0) is 22.5. The maximum atomic E-state index is 12.8. The molecular weight excluding hydrogens is 402 g/mol. The summed E-state index contributed by atoms with van der Waals surface area (Å²) >= 11 is 0. The Kier molecular flexibility index (Phi) is 7.09. The van der Waals surface area contributed by atoms with Crippen molar-refractivity contribution in [1.82, 2.24) is 24.9 Å². The van der Waals surface area contributed by atoms with Crippen molar-refractivity contribution in [1.29, 1.82) is 0 Å². The monoisotopic (exact) mass is 437 g/mol. The van der Waals surface area contributed by atoms with Gasteiger partial charge >= 0.3 is 0 Å². The number of piperazine rings is 1. The van der Waals surface area contributed by atoms with Crippen LogP contribution in [0, 0.1) is 0 Å². The molecule has 0 spiro atoms. The van der Waals surface area contributed by atoms with Crippen LogP contribution in [0.4, 0.5) is 5.69 Å². The molecule has 2 aromatic rings. The van der Waals surface area contributed by atoms with E-state index in [2.05, 4.69) is 51.5 Å². The zero-order valence-electron chi connectivity index (χ0n) is 19.5. The molecule has 1 amide bonds. The summed E-state index contributed by atoms with van der Waals surface area (Å²) < 4.78 is 1.72. The topological polar surface area (TPSA) is 69.0 Å². The molecule has 4 rings (SSSR count). The molecule has 1 aromatic carbocycles. The van der Waals surface area contributed by atoms with Gasteiger partial charge in [-0.1, -0.05) is 30.7 Å². The molecule has 2 fully saturated rings. The molecule has 2 saturated heterocycles. The molecule has 0 saturated carbocycles. The summed E-state index contributed by atoms with van der Waals surface area (Å²) in [7, 11) is 3.64. The van der Waals surface area contributed by atoms with Gasteiger partial charge < -0.3 is 15.1 Å². The molecule has 1 unspecified atom stereocenters. The summed E-state index contributed by atoms with van der Waals surface area (Å²) in [5, 5.41) is 7.68. The highest BCUT2D eigenvalue weighted by Crippen LogP contribution is 2.21. The second-order valence-corrected chi connectivity index (χ2v) is 8.82. The van der Waals surface area contributed by atoms with Crippen molar-refractivity contribution in [2.75, 3.05) is 38.1 Å². The van der Waals surface area contributed by atoms with Crippen LogP contribution in [0.2, 0.25) is 0 Å². The van der Waals surface area contributed by atoms with Gasteiger partial charge in [0.05, 0.1) is 11.9 Å². The van der Waals surface area contributed by atoms with Crippen molar-refractivity contribution in [3.05, 3.63) is 47.8 Å². The van der Waals surface area contributed by atoms with Crippen molar-refractivity contribution in [3.63, 3.8) is 0 Å². The first-order valence-electron chi connectivity index (χ1n) is 11.6. The molecule has 172 valence electrons. The molecule has 2 aliphatic rings. The van der Waals surface area contributed by atoms with Crippen LogP contribution in [0.15, 0.2) is 41.7 Å². The number of aryl methyl sites for hydroxylation is 1. The first-order chi connectivity index (χ1) is 15.5. The summed E-state index contributed by atoms with van der Waals surface area (Å²) in [5.41, 5.74) is 3.49. The third kappa shape index (κ3) is 5.12. The van der Waals surface area contributed by atoms with E-state index in [0.717, 1.165) is 24.7 Å². The molecule has 1 aromatic heterocycles. The Morgan fingerprint density at radius 3 is 2.69 bits per heavy atom. The Morgan fingerprint density at radius 1 is 1.19 bits per heavy atom. The number of guanidine groups is 1. The smallest absolute Gasteiger partial charge is 0.246 e. The van der Waals surface area contributed by atoms with Gasteiger partial charge in [0.25, 0.3) is 0 Å². The minimum absolute atomic E-state index is 0.0617. The molecule has 32 heavy (non-hydrogen) atoms. The van der Waals surface area contributed by atoms with Gasteiger partial charge in [-0.05, 0) is 37.4 Å². The Morgan fingerprint density at radius 2 is 2.00 bits per heavy atom. The molecule has 2 aliphatic heterocycles. The quantitative estimate of drug-likeness (QED) is 0.574. The van der Waals surface area contributed by atoms with E-state index in [1.807, 2.05) is 18.1 Å². The van der Waals surface area contributed by atoms with Gasteiger partial charge in [-0.3, -0.25) is 19.4 Å². The molecule has 0 bridgehead atoms. The second-order valence-electron chi connectivity index (χ2n) is 8.82. The highest BCUT2D eigenvalue weighted by atomic mass is 16.2. The molecule has 1 N–H and O–H groups in total.